The quantitative estimate of drug-likeness (QED) is 0.651. The Morgan fingerprint density at radius 2 is 1.79 bits per heavy atom. The van der Waals surface area contributed by atoms with Gasteiger partial charge in [0.1, 0.15) is 0 Å². The summed E-state index contributed by atoms with van der Waals surface area (Å²) in [6.07, 6.45) is 1.81. The number of halogens is 1. The van der Waals surface area contributed by atoms with Gasteiger partial charge in [-0.1, -0.05) is 30.3 Å². The molecule has 28 heavy (non-hydrogen) atoms. The number of nitrogens with zero attached hydrogens (tertiary/aromatic N) is 3. The Hall–Kier alpha value is -2.51. The molecule has 1 fully saturated rings. The summed E-state index contributed by atoms with van der Waals surface area (Å²) in [5, 5.41) is 11.5. The van der Waals surface area contributed by atoms with Crippen LogP contribution in [-0.4, -0.2) is 40.1 Å². The minimum Gasteiger partial charge on any atom is -0.419 e. The van der Waals surface area contributed by atoms with Crippen LogP contribution in [0.2, 0.25) is 0 Å². The van der Waals surface area contributed by atoms with Crippen molar-refractivity contribution in [2.24, 2.45) is 0 Å². The number of aromatic nitrogens is 2. The SMILES string of the molecule is O=C(NC1CCN(Cc2nnc(-c3ccccc3Br)o2)CC1)c1ccccc1. The molecule has 0 bridgehead atoms. The van der Waals surface area contributed by atoms with E-state index in [4.69, 9.17) is 4.42 Å². The molecule has 6 nitrogen and oxygen atoms in total. The Bertz CT molecular complexity index is 936. The van der Waals surface area contributed by atoms with Crippen LogP contribution in [0.1, 0.15) is 29.1 Å². The molecule has 1 saturated heterocycles. The Kier molecular flexibility index (Phi) is 5.83. The highest BCUT2D eigenvalue weighted by atomic mass is 79.9. The van der Waals surface area contributed by atoms with Gasteiger partial charge in [-0.25, -0.2) is 0 Å². The number of hydrogen-bond acceptors (Lipinski definition) is 5. The van der Waals surface area contributed by atoms with Gasteiger partial charge in [-0.3, -0.25) is 9.69 Å². The summed E-state index contributed by atoms with van der Waals surface area (Å²) < 4.78 is 6.77. The number of nitrogens with one attached hydrogen (secondary N) is 1. The first-order valence-corrected chi connectivity index (χ1v) is 10.1. The largest absolute Gasteiger partial charge is 0.419 e. The van der Waals surface area contributed by atoms with Crippen molar-refractivity contribution in [3.8, 4) is 11.5 Å². The van der Waals surface area contributed by atoms with E-state index in [1.54, 1.807) is 0 Å². The van der Waals surface area contributed by atoms with E-state index in [0.717, 1.165) is 36.0 Å². The van der Waals surface area contributed by atoms with Gasteiger partial charge >= 0.3 is 0 Å². The second kappa shape index (κ2) is 8.67. The monoisotopic (exact) mass is 440 g/mol. The predicted molar refractivity (Wildman–Crippen MR) is 110 cm³/mol. The van der Waals surface area contributed by atoms with Gasteiger partial charge in [0.15, 0.2) is 0 Å². The van der Waals surface area contributed by atoms with E-state index in [9.17, 15) is 4.79 Å². The van der Waals surface area contributed by atoms with Gasteiger partial charge in [0.25, 0.3) is 5.91 Å². The van der Waals surface area contributed by atoms with Crippen LogP contribution in [0.5, 0.6) is 0 Å². The van der Waals surface area contributed by atoms with Crippen LogP contribution in [0.4, 0.5) is 0 Å². The van der Waals surface area contributed by atoms with Gasteiger partial charge in [0, 0.05) is 29.2 Å². The maximum absolute atomic E-state index is 12.3. The number of carbonyl (C=O) groups is 1. The van der Waals surface area contributed by atoms with Gasteiger partial charge in [-0.2, -0.15) is 0 Å². The van der Waals surface area contributed by atoms with Gasteiger partial charge in [-0.05, 0) is 53.0 Å². The molecule has 144 valence electrons. The van der Waals surface area contributed by atoms with Crippen LogP contribution < -0.4 is 5.32 Å². The molecular weight excluding hydrogens is 420 g/mol. The fraction of sp³-hybridized carbons (Fsp3) is 0.286. The lowest BCUT2D eigenvalue weighted by Crippen LogP contribution is -2.44. The lowest BCUT2D eigenvalue weighted by atomic mass is 10.0. The van der Waals surface area contributed by atoms with Crippen LogP contribution in [0.15, 0.2) is 63.5 Å². The molecule has 1 N–H and O–H groups in total. The number of piperidine rings is 1. The molecular formula is C21H21BrN4O2. The fourth-order valence-electron chi connectivity index (χ4n) is 3.35. The number of hydrogen-bond donors (Lipinski definition) is 1. The first kappa shape index (κ1) is 18.8. The molecule has 0 atom stereocenters. The van der Waals surface area contributed by atoms with E-state index in [1.165, 1.54) is 0 Å². The van der Waals surface area contributed by atoms with Gasteiger partial charge < -0.3 is 9.73 Å². The predicted octanol–water partition coefficient (Wildman–Crippen LogP) is 3.89. The van der Waals surface area contributed by atoms with Crippen LogP contribution in [0.25, 0.3) is 11.5 Å². The fourth-order valence-corrected chi connectivity index (χ4v) is 3.80. The van der Waals surface area contributed by atoms with Crippen molar-refractivity contribution in [2.75, 3.05) is 13.1 Å². The molecule has 0 unspecified atom stereocenters. The van der Waals surface area contributed by atoms with Gasteiger partial charge in [0.2, 0.25) is 11.8 Å². The van der Waals surface area contributed by atoms with Crippen LogP contribution >= 0.6 is 15.9 Å². The maximum atomic E-state index is 12.3. The van der Waals surface area contributed by atoms with Crippen molar-refractivity contribution < 1.29 is 9.21 Å². The lowest BCUT2D eigenvalue weighted by Gasteiger charge is -2.31. The molecule has 4 rings (SSSR count). The summed E-state index contributed by atoms with van der Waals surface area (Å²) in [6, 6.07) is 17.3. The van der Waals surface area contributed by atoms with Crippen molar-refractivity contribution in [1.29, 1.82) is 0 Å². The molecule has 7 heteroatoms. The highest BCUT2D eigenvalue weighted by Gasteiger charge is 2.23. The Balaban J connectivity index is 1.29. The van der Waals surface area contributed by atoms with E-state index < -0.39 is 0 Å². The van der Waals surface area contributed by atoms with Crippen LogP contribution in [0.3, 0.4) is 0 Å². The zero-order chi connectivity index (χ0) is 19.3. The first-order valence-electron chi connectivity index (χ1n) is 9.34. The number of carbonyl (C=O) groups excluding carboxylic acids is 1. The molecule has 1 amide bonds. The molecule has 0 radical (unpaired) electrons. The third-order valence-electron chi connectivity index (χ3n) is 4.89. The first-order chi connectivity index (χ1) is 13.7. The van der Waals surface area contributed by atoms with E-state index in [0.29, 0.717) is 23.9 Å². The summed E-state index contributed by atoms with van der Waals surface area (Å²) in [5.41, 5.74) is 1.60. The third-order valence-corrected chi connectivity index (χ3v) is 5.58. The molecule has 0 aliphatic carbocycles. The number of likely N-dealkylation sites (tertiary alicyclic amines) is 1. The topological polar surface area (TPSA) is 71.3 Å². The zero-order valence-corrected chi connectivity index (χ0v) is 16.9. The molecule has 2 heterocycles. The molecule has 2 aromatic carbocycles. The van der Waals surface area contributed by atoms with Gasteiger partial charge in [-0.15, -0.1) is 10.2 Å². The van der Waals surface area contributed by atoms with Crippen LogP contribution in [-0.2, 0) is 6.54 Å². The lowest BCUT2D eigenvalue weighted by molar-refractivity contribution is 0.0905. The standard InChI is InChI=1S/C21H21BrN4O2/c22-18-9-5-4-8-17(18)21-25-24-19(28-21)14-26-12-10-16(11-13-26)23-20(27)15-6-2-1-3-7-15/h1-9,16H,10-14H2,(H,23,27). The molecule has 0 spiro atoms. The van der Waals surface area contributed by atoms with Crippen LogP contribution in [0, 0.1) is 0 Å². The van der Waals surface area contributed by atoms with Gasteiger partial charge in [0.05, 0.1) is 12.1 Å². The van der Waals surface area contributed by atoms with E-state index in [2.05, 4.69) is 36.3 Å². The summed E-state index contributed by atoms with van der Waals surface area (Å²) in [7, 11) is 0. The third kappa shape index (κ3) is 4.48. The number of rotatable bonds is 5. The summed E-state index contributed by atoms with van der Waals surface area (Å²) in [4.78, 5) is 14.6. The maximum Gasteiger partial charge on any atom is 0.251 e. The Morgan fingerprint density at radius 3 is 2.54 bits per heavy atom. The van der Waals surface area contributed by atoms with Crippen molar-refractivity contribution in [3.63, 3.8) is 0 Å². The Labute approximate surface area is 172 Å². The minimum atomic E-state index is -0.00553. The van der Waals surface area contributed by atoms with Crippen molar-refractivity contribution >= 4 is 21.8 Å². The molecule has 1 aliphatic rings. The van der Waals surface area contributed by atoms with E-state index in [1.807, 2.05) is 54.6 Å². The van der Waals surface area contributed by atoms with Crippen molar-refractivity contribution in [1.82, 2.24) is 20.4 Å². The summed E-state index contributed by atoms with van der Waals surface area (Å²) >= 11 is 3.51. The molecule has 0 saturated carbocycles. The minimum absolute atomic E-state index is 0.00553. The molecule has 3 aromatic rings. The average Bonchev–Trinajstić information content (AvgIpc) is 3.18. The normalized spacial score (nSPS) is 15.5. The average molecular weight is 441 g/mol. The van der Waals surface area contributed by atoms with Crippen molar-refractivity contribution in [2.45, 2.75) is 25.4 Å². The zero-order valence-electron chi connectivity index (χ0n) is 15.3. The smallest absolute Gasteiger partial charge is 0.251 e. The second-order valence-electron chi connectivity index (χ2n) is 6.87. The number of benzene rings is 2. The van der Waals surface area contributed by atoms with E-state index in [-0.39, 0.29) is 11.9 Å². The number of amides is 1. The molecule has 1 aromatic heterocycles. The highest BCUT2D eigenvalue weighted by molar-refractivity contribution is 9.10. The second-order valence-corrected chi connectivity index (χ2v) is 7.73. The highest BCUT2D eigenvalue weighted by Crippen LogP contribution is 2.27. The van der Waals surface area contributed by atoms with Crippen molar-refractivity contribution in [3.05, 3.63) is 70.5 Å². The summed E-state index contributed by atoms with van der Waals surface area (Å²) in [5.74, 6) is 1.12. The Morgan fingerprint density at radius 1 is 1.07 bits per heavy atom. The summed E-state index contributed by atoms with van der Waals surface area (Å²) in [6.45, 7) is 2.38. The van der Waals surface area contributed by atoms with E-state index >= 15 is 0 Å². The molecule has 1 aliphatic heterocycles.